The first-order valence-corrected chi connectivity index (χ1v) is 8.08. The van der Waals surface area contributed by atoms with Crippen LogP contribution in [0.4, 0.5) is 0 Å². The quantitative estimate of drug-likeness (QED) is 0.433. The summed E-state index contributed by atoms with van der Waals surface area (Å²) >= 11 is 0. The lowest BCUT2D eigenvalue weighted by Gasteiger charge is -2.04. The first-order chi connectivity index (χ1) is 11.7. The molecule has 24 heavy (non-hydrogen) atoms. The van der Waals surface area contributed by atoms with Crippen LogP contribution in [-0.4, -0.2) is 17.4 Å². The van der Waals surface area contributed by atoms with Gasteiger partial charge in [0.25, 0.3) is 0 Å². The number of fused-ring (bicyclic) bond motifs is 1. The zero-order valence-electron chi connectivity index (χ0n) is 14.4. The lowest BCUT2D eigenvalue weighted by molar-refractivity contribution is -0.111. The van der Waals surface area contributed by atoms with Gasteiger partial charge >= 0.3 is 0 Å². The Morgan fingerprint density at radius 3 is 2.83 bits per heavy atom. The van der Waals surface area contributed by atoms with Crippen LogP contribution in [-0.2, 0) is 9.53 Å². The molecule has 0 saturated heterocycles. The zero-order chi connectivity index (χ0) is 17.4. The molecule has 3 nitrogen and oxygen atoms in total. The molecule has 1 aromatic carbocycles. The van der Waals surface area contributed by atoms with Crippen LogP contribution < -0.4 is 0 Å². The van der Waals surface area contributed by atoms with Gasteiger partial charge in [-0.2, -0.15) is 0 Å². The van der Waals surface area contributed by atoms with Gasteiger partial charge in [-0.1, -0.05) is 30.4 Å². The van der Waals surface area contributed by atoms with E-state index in [1.165, 1.54) is 0 Å². The number of ether oxygens (including phenoxy) is 1. The van der Waals surface area contributed by atoms with E-state index < -0.39 is 0 Å². The van der Waals surface area contributed by atoms with Crippen LogP contribution in [0.3, 0.4) is 0 Å². The number of hydrogen-bond acceptors (Lipinski definition) is 2. The topological polar surface area (TPSA) is 42.1 Å². The minimum absolute atomic E-state index is 0.0358. The minimum atomic E-state index is -0.0358. The molecule has 2 aromatic rings. The molecular weight excluding hydrogens is 298 g/mol. The van der Waals surface area contributed by atoms with Crippen molar-refractivity contribution in [1.82, 2.24) is 4.98 Å². The molecular formula is C21H23NO2. The number of aromatic amines is 1. The minimum Gasteiger partial charge on any atom is -0.494 e. The molecule has 0 radical (unpaired) electrons. The van der Waals surface area contributed by atoms with Gasteiger partial charge in [-0.3, -0.25) is 4.79 Å². The Morgan fingerprint density at radius 1 is 1.29 bits per heavy atom. The van der Waals surface area contributed by atoms with Gasteiger partial charge in [0.2, 0.25) is 0 Å². The summed E-state index contributed by atoms with van der Waals surface area (Å²) in [5, 5.41) is 1.10. The SMILES string of the molecule is C\C=C/C=C(\C=C(/C)C(=O)/C=C/c1c[nH]c2ccccc12)OCC. The molecule has 2 rings (SSSR count). The summed E-state index contributed by atoms with van der Waals surface area (Å²) in [5.41, 5.74) is 2.70. The molecule has 1 heterocycles. The molecule has 0 bridgehead atoms. The fourth-order valence-corrected chi connectivity index (χ4v) is 2.31. The number of hydrogen-bond donors (Lipinski definition) is 1. The Balaban J connectivity index is 2.17. The third-order valence-corrected chi connectivity index (χ3v) is 3.55. The van der Waals surface area contributed by atoms with Crippen LogP contribution in [0.25, 0.3) is 17.0 Å². The third-order valence-electron chi connectivity index (χ3n) is 3.55. The Kier molecular flexibility index (Phi) is 6.38. The smallest absolute Gasteiger partial charge is 0.181 e. The standard InChI is InChI=1S/C21H23NO2/c1-4-6-9-18(24-5-2)14-16(3)21(23)13-12-17-15-22-20-11-8-7-10-19(17)20/h4,6-15,22H,5H2,1-3H3/b6-4-,13-12+,16-14+,18-9+. The van der Waals surface area contributed by atoms with E-state index in [4.69, 9.17) is 4.74 Å². The fraction of sp³-hybridized carbons (Fsp3) is 0.190. The molecule has 0 amide bonds. The molecule has 0 aliphatic rings. The number of benzene rings is 1. The lowest BCUT2D eigenvalue weighted by atomic mass is 10.1. The molecule has 1 N–H and O–H groups in total. The normalized spacial score (nSPS) is 13.3. The Hall–Kier alpha value is -2.81. The van der Waals surface area contributed by atoms with E-state index in [0.717, 1.165) is 16.5 Å². The highest BCUT2D eigenvalue weighted by Crippen LogP contribution is 2.19. The summed E-state index contributed by atoms with van der Waals surface area (Å²) in [7, 11) is 0. The molecule has 0 aliphatic heterocycles. The van der Waals surface area contributed by atoms with Crippen molar-refractivity contribution >= 4 is 22.8 Å². The van der Waals surface area contributed by atoms with Gasteiger partial charge in [0.05, 0.1) is 6.61 Å². The van der Waals surface area contributed by atoms with Gasteiger partial charge in [-0.15, -0.1) is 0 Å². The van der Waals surface area contributed by atoms with Gasteiger partial charge in [-0.05, 0) is 56.7 Å². The Labute approximate surface area is 143 Å². The summed E-state index contributed by atoms with van der Waals surface area (Å²) in [6.45, 7) is 6.22. The first kappa shape index (κ1) is 17.5. The Bertz CT molecular complexity index is 819. The summed E-state index contributed by atoms with van der Waals surface area (Å²) in [6.07, 6.45) is 12.8. The number of para-hydroxylation sites is 1. The van der Waals surface area contributed by atoms with Gasteiger partial charge in [0, 0.05) is 22.7 Å². The number of ketones is 1. The van der Waals surface area contributed by atoms with Crippen LogP contribution in [0.2, 0.25) is 0 Å². The number of H-pyrrole nitrogens is 1. The summed E-state index contributed by atoms with van der Waals surface area (Å²) in [6, 6.07) is 8.02. The van der Waals surface area contributed by atoms with Crippen molar-refractivity contribution in [1.29, 1.82) is 0 Å². The average Bonchev–Trinajstić information content (AvgIpc) is 3.01. The zero-order valence-corrected chi connectivity index (χ0v) is 14.4. The van der Waals surface area contributed by atoms with Crippen molar-refractivity contribution in [2.24, 2.45) is 0 Å². The predicted molar refractivity (Wildman–Crippen MR) is 101 cm³/mol. The third kappa shape index (κ3) is 4.59. The van der Waals surface area contributed by atoms with E-state index in [0.29, 0.717) is 17.9 Å². The van der Waals surface area contributed by atoms with E-state index >= 15 is 0 Å². The van der Waals surface area contributed by atoms with Crippen LogP contribution >= 0.6 is 0 Å². The highest BCUT2D eigenvalue weighted by atomic mass is 16.5. The van der Waals surface area contributed by atoms with Crippen molar-refractivity contribution in [2.75, 3.05) is 6.61 Å². The fourth-order valence-electron chi connectivity index (χ4n) is 2.31. The van der Waals surface area contributed by atoms with Crippen molar-refractivity contribution in [3.63, 3.8) is 0 Å². The first-order valence-electron chi connectivity index (χ1n) is 8.08. The molecule has 0 saturated carbocycles. The molecule has 0 spiro atoms. The highest BCUT2D eigenvalue weighted by Gasteiger charge is 2.04. The predicted octanol–water partition coefficient (Wildman–Crippen LogP) is 5.19. The van der Waals surface area contributed by atoms with Gasteiger partial charge in [-0.25, -0.2) is 0 Å². The van der Waals surface area contributed by atoms with Crippen LogP contribution in [0.15, 0.2) is 72.2 Å². The molecule has 0 atom stereocenters. The molecule has 124 valence electrons. The molecule has 3 heteroatoms. The number of rotatable bonds is 7. The van der Waals surface area contributed by atoms with Crippen molar-refractivity contribution in [3.05, 3.63) is 77.7 Å². The van der Waals surface area contributed by atoms with Gasteiger partial charge in [0.15, 0.2) is 5.78 Å². The second-order valence-electron chi connectivity index (χ2n) is 5.34. The summed E-state index contributed by atoms with van der Waals surface area (Å²) < 4.78 is 5.53. The average molecular weight is 321 g/mol. The summed E-state index contributed by atoms with van der Waals surface area (Å²) in [4.78, 5) is 15.5. The van der Waals surface area contributed by atoms with Crippen molar-refractivity contribution in [3.8, 4) is 0 Å². The number of carbonyl (C=O) groups excluding carboxylic acids is 1. The van der Waals surface area contributed by atoms with Crippen LogP contribution in [0, 0.1) is 0 Å². The number of aromatic nitrogens is 1. The van der Waals surface area contributed by atoms with E-state index in [1.807, 2.05) is 68.6 Å². The molecule has 0 fully saturated rings. The number of allylic oxidation sites excluding steroid dienone is 6. The molecule has 0 unspecified atom stereocenters. The van der Waals surface area contributed by atoms with E-state index in [1.54, 1.807) is 19.1 Å². The van der Waals surface area contributed by atoms with E-state index in [9.17, 15) is 4.79 Å². The second-order valence-corrected chi connectivity index (χ2v) is 5.34. The van der Waals surface area contributed by atoms with Gasteiger partial charge < -0.3 is 9.72 Å². The maximum Gasteiger partial charge on any atom is 0.181 e. The van der Waals surface area contributed by atoms with Crippen LogP contribution in [0.1, 0.15) is 26.3 Å². The maximum absolute atomic E-state index is 12.3. The largest absolute Gasteiger partial charge is 0.494 e. The van der Waals surface area contributed by atoms with E-state index in [-0.39, 0.29) is 5.78 Å². The van der Waals surface area contributed by atoms with Gasteiger partial charge in [0.1, 0.15) is 5.76 Å². The van der Waals surface area contributed by atoms with Crippen molar-refractivity contribution < 1.29 is 9.53 Å². The number of nitrogens with one attached hydrogen (secondary N) is 1. The maximum atomic E-state index is 12.3. The lowest BCUT2D eigenvalue weighted by Crippen LogP contribution is -1.97. The highest BCUT2D eigenvalue weighted by molar-refractivity contribution is 6.07. The number of carbonyl (C=O) groups is 1. The monoisotopic (exact) mass is 321 g/mol. The summed E-state index contributed by atoms with van der Waals surface area (Å²) in [5.74, 6) is 0.647. The molecule has 1 aromatic heterocycles. The van der Waals surface area contributed by atoms with E-state index in [2.05, 4.69) is 4.98 Å². The Morgan fingerprint density at radius 2 is 2.08 bits per heavy atom. The van der Waals surface area contributed by atoms with Crippen LogP contribution in [0.5, 0.6) is 0 Å². The van der Waals surface area contributed by atoms with Crippen molar-refractivity contribution in [2.45, 2.75) is 20.8 Å². The second kappa shape index (κ2) is 8.73. The molecule has 0 aliphatic carbocycles.